The summed E-state index contributed by atoms with van der Waals surface area (Å²) in [5.41, 5.74) is 1.84. The highest BCUT2D eigenvalue weighted by atomic mass is 32.2. The minimum Gasteiger partial charge on any atom is -0.378 e. The van der Waals surface area contributed by atoms with Crippen molar-refractivity contribution in [3.05, 3.63) is 29.3 Å². The molecule has 1 saturated heterocycles. The molecule has 1 aliphatic heterocycles. The standard InChI is InChI=1S/C13H16N2O2S/c1-10-3-4-11(8-14)12(7-10)15-13(2)5-6-18(16,17)9-13/h3-4,7,15H,5-6,9H2,1-2H3. The summed E-state index contributed by atoms with van der Waals surface area (Å²) in [5.74, 6) is 0.336. The van der Waals surface area contributed by atoms with E-state index in [1.807, 2.05) is 26.0 Å². The van der Waals surface area contributed by atoms with Gasteiger partial charge in [0, 0.05) is 5.54 Å². The molecule has 1 unspecified atom stereocenters. The maximum absolute atomic E-state index is 11.6. The Labute approximate surface area is 108 Å². The third-order valence-corrected chi connectivity index (χ3v) is 5.14. The zero-order valence-electron chi connectivity index (χ0n) is 10.5. The lowest BCUT2D eigenvalue weighted by atomic mass is 10.00. The van der Waals surface area contributed by atoms with Gasteiger partial charge in [0.1, 0.15) is 6.07 Å². The molecule has 18 heavy (non-hydrogen) atoms. The van der Waals surface area contributed by atoms with Crippen LogP contribution in [0.1, 0.15) is 24.5 Å². The molecule has 1 fully saturated rings. The van der Waals surface area contributed by atoms with Crippen LogP contribution in [0.2, 0.25) is 0 Å². The number of anilines is 1. The zero-order valence-corrected chi connectivity index (χ0v) is 11.3. The number of nitriles is 1. The van der Waals surface area contributed by atoms with Gasteiger partial charge in [-0.05, 0) is 38.0 Å². The van der Waals surface area contributed by atoms with Gasteiger partial charge >= 0.3 is 0 Å². The Morgan fingerprint density at radius 3 is 2.72 bits per heavy atom. The number of hydrogen-bond acceptors (Lipinski definition) is 4. The fraction of sp³-hybridized carbons (Fsp3) is 0.462. The highest BCUT2D eigenvalue weighted by Crippen LogP contribution is 2.29. The van der Waals surface area contributed by atoms with Crippen LogP contribution in [0.4, 0.5) is 5.69 Å². The van der Waals surface area contributed by atoms with Crippen LogP contribution in [0.15, 0.2) is 18.2 Å². The van der Waals surface area contributed by atoms with Crippen LogP contribution < -0.4 is 5.32 Å². The largest absolute Gasteiger partial charge is 0.378 e. The number of benzene rings is 1. The molecule has 1 heterocycles. The van der Waals surface area contributed by atoms with Crippen LogP contribution in [0, 0.1) is 18.3 Å². The van der Waals surface area contributed by atoms with Crippen LogP contribution in [0.5, 0.6) is 0 Å². The molecule has 1 atom stereocenters. The predicted molar refractivity (Wildman–Crippen MR) is 71.2 cm³/mol. The lowest BCUT2D eigenvalue weighted by Gasteiger charge is -2.26. The van der Waals surface area contributed by atoms with E-state index in [0.717, 1.165) is 11.3 Å². The van der Waals surface area contributed by atoms with Gasteiger partial charge in [-0.15, -0.1) is 0 Å². The molecule has 0 aliphatic carbocycles. The van der Waals surface area contributed by atoms with E-state index in [2.05, 4.69) is 11.4 Å². The molecule has 1 aromatic rings. The molecule has 1 N–H and O–H groups in total. The van der Waals surface area contributed by atoms with Gasteiger partial charge in [0.25, 0.3) is 0 Å². The quantitative estimate of drug-likeness (QED) is 0.885. The fourth-order valence-corrected chi connectivity index (χ4v) is 4.39. The van der Waals surface area contributed by atoms with E-state index < -0.39 is 15.4 Å². The Morgan fingerprint density at radius 1 is 1.44 bits per heavy atom. The summed E-state index contributed by atoms with van der Waals surface area (Å²) < 4.78 is 23.1. The first kappa shape index (κ1) is 12.9. The first-order chi connectivity index (χ1) is 8.34. The second-order valence-electron chi connectivity index (χ2n) is 5.19. The third-order valence-electron chi connectivity index (χ3n) is 3.24. The summed E-state index contributed by atoms with van der Waals surface area (Å²) in [6, 6.07) is 7.63. The van der Waals surface area contributed by atoms with Crippen LogP contribution in [0.3, 0.4) is 0 Å². The maximum atomic E-state index is 11.6. The summed E-state index contributed by atoms with van der Waals surface area (Å²) in [6.45, 7) is 3.83. The highest BCUT2D eigenvalue weighted by Gasteiger charge is 2.38. The Kier molecular flexibility index (Phi) is 3.07. The van der Waals surface area contributed by atoms with Crippen molar-refractivity contribution in [1.82, 2.24) is 0 Å². The lowest BCUT2D eigenvalue weighted by molar-refractivity contribution is 0.574. The number of aryl methyl sites for hydroxylation is 1. The molecule has 0 spiro atoms. The number of nitrogens with one attached hydrogen (secondary N) is 1. The Bertz CT molecular complexity index is 616. The predicted octanol–water partition coefficient (Wildman–Crippen LogP) is 1.86. The highest BCUT2D eigenvalue weighted by molar-refractivity contribution is 7.91. The molecule has 4 nitrogen and oxygen atoms in total. The van der Waals surface area contributed by atoms with Crippen LogP contribution >= 0.6 is 0 Å². The van der Waals surface area contributed by atoms with Crippen molar-refractivity contribution in [1.29, 1.82) is 5.26 Å². The van der Waals surface area contributed by atoms with E-state index in [1.165, 1.54) is 0 Å². The average molecular weight is 264 g/mol. The molecule has 0 aromatic heterocycles. The normalized spacial score (nSPS) is 25.6. The first-order valence-electron chi connectivity index (χ1n) is 5.83. The lowest BCUT2D eigenvalue weighted by Crippen LogP contribution is -2.36. The minimum absolute atomic E-state index is 0.124. The number of hydrogen-bond donors (Lipinski definition) is 1. The van der Waals surface area contributed by atoms with E-state index in [4.69, 9.17) is 5.26 Å². The molecule has 96 valence electrons. The van der Waals surface area contributed by atoms with Gasteiger partial charge < -0.3 is 5.32 Å². The minimum atomic E-state index is -2.95. The monoisotopic (exact) mass is 264 g/mol. The first-order valence-corrected chi connectivity index (χ1v) is 7.65. The van der Waals surface area contributed by atoms with Gasteiger partial charge in [-0.25, -0.2) is 8.42 Å². The van der Waals surface area contributed by atoms with Gasteiger partial charge in [-0.3, -0.25) is 0 Å². The summed E-state index contributed by atoms with van der Waals surface area (Å²) in [6.07, 6.45) is 0.578. The molecular formula is C13H16N2O2S. The molecule has 2 rings (SSSR count). The molecular weight excluding hydrogens is 248 g/mol. The summed E-state index contributed by atoms with van der Waals surface area (Å²) >= 11 is 0. The van der Waals surface area contributed by atoms with E-state index in [0.29, 0.717) is 12.0 Å². The second kappa shape index (κ2) is 4.29. The molecule has 0 bridgehead atoms. The average Bonchev–Trinajstić information content (AvgIpc) is 2.53. The Balaban J connectivity index is 2.30. The topological polar surface area (TPSA) is 70.0 Å². The Hall–Kier alpha value is -1.54. The molecule has 0 amide bonds. The molecule has 1 aliphatic rings. The third kappa shape index (κ3) is 2.65. The van der Waals surface area contributed by atoms with Crippen molar-refractivity contribution in [3.8, 4) is 6.07 Å². The summed E-state index contributed by atoms with van der Waals surface area (Å²) in [4.78, 5) is 0. The molecule has 5 heteroatoms. The van der Waals surface area contributed by atoms with Crippen molar-refractivity contribution in [2.24, 2.45) is 0 Å². The Morgan fingerprint density at radius 2 is 2.17 bits per heavy atom. The van der Waals surface area contributed by atoms with Crippen molar-refractivity contribution in [3.63, 3.8) is 0 Å². The molecule has 1 aromatic carbocycles. The molecule has 0 saturated carbocycles. The zero-order chi connectivity index (χ0) is 13.4. The maximum Gasteiger partial charge on any atom is 0.152 e. The van der Waals surface area contributed by atoms with E-state index in [9.17, 15) is 8.42 Å². The van der Waals surface area contributed by atoms with Crippen molar-refractivity contribution in [2.45, 2.75) is 25.8 Å². The van der Waals surface area contributed by atoms with Crippen molar-refractivity contribution < 1.29 is 8.42 Å². The van der Waals surface area contributed by atoms with E-state index in [1.54, 1.807) is 6.07 Å². The smallest absolute Gasteiger partial charge is 0.152 e. The van der Waals surface area contributed by atoms with Gasteiger partial charge in [0.2, 0.25) is 0 Å². The van der Waals surface area contributed by atoms with E-state index >= 15 is 0 Å². The second-order valence-corrected chi connectivity index (χ2v) is 7.37. The van der Waals surface area contributed by atoms with Gasteiger partial charge in [-0.2, -0.15) is 5.26 Å². The van der Waals surface area contributed by atoms with Gasteiger partial charge in [0.15, 0.2) is 9.84 Å². The van der Waals surface area contributed by atoms with Crippen LogP contribution in [-0.2, 0) is 9.84 Å². The van der Waals surface area contributed by atoms with Crippen LogP contribution in [-0.4, -0.2) is 25.5 Å². The molecule has 0 radical (unpaired) electrons. The van der Waals surface area contributed by atoms with Crippen LogP contribution in [0.25, 0.3) is 0 Å². The number of rotatable bonds is 2. The van der Waals surface area contributed by atoms with Crippen molar-refractivity contribution >= 4 is 15.5 Å². The SMILES string of the molecule is Cc1ccc(C#N)c(NC2(C)CCS(=O)(=O)C2)c1. The van der Waals surface area contributed by atoms with Gasteiger partial charge in [-0.1, -0.05) is 6.07 Å². The summed E-state index contributed by atoms with van der Waals surface area (Å²) in [7, 11) is -2.95. The number of nitrogens with zero attached hydrogens (tertiary/aromatic N) is 1. The fourth-order valence-electron chi connectivity index (χ4n) is 2.29. The van der Waals surface area contributed by atoms with Crippen molar-refractivity contribution in [2.75, 3.05) is 16.8 Å². The number of sulfone groups is 1. The van der Waals surface area contributed by atoms with Gasteiger partial charge in [0.05, 0.1) is 22.8 Å². The van der Waals surface area contributed by atoms with E-state index in [-0.39, 0.29) is 11.5 Å². The summed E-state index contributed by atoms with van der Waals surface area (Å²) in [5, 5.41) is 12.3.